The van der Waals surface area contributed by atoms with Crippen molar-refractivity contribution >= 4 is 11.4 Å². The number of hydrogen-bond acceptors (Lipinski definition) is 6. The largest absolute Gasteiger partial charge is 0.391 e. The van der Waals surface area contributed by atoms with E-state index in [2.05, 4.69) is 4.98 Å². The number of nitro groups is 1. The molecule has 1 fully saturated rings. The van der Waals surface area contributed by atoms with Gasteiger partial charge in [-0.3, -0.25) is 15.1 Å². The molecule has 0 saturated carbocycles. The molecule has 1 N–H and O–H groups in total. The zero-order valence-corrected chi connectivity index (χ0v) is 11.1. The third-order valence-corrected chi connectivity index (χ3v) is 3.25. The molecule has 7 heteroatoms. The van der Waals surface area contributed by atoms with Crippen molar-refractivity contribution in [3.05, 3.63) is 28.6 Å². The molecule has 1 aliphatic heterocycles. The molecule has 0 radical (unpaired) electrons. The minimum absolute atomic E-state index is 0.0136. The summed E-state index contributed by atoms with van der Waals surface area (Å²) in [5, 5.41) is 20.9. The topological polar surface area (TPSA) is 82.7 Å². The molecule has 2 unspecified atom stereocenters. The second kappa shape index (κ2) is 5.50. The van der Waals surface area contributed by atoms with Gasteiger partial charge in [0.15, 0.2) is 0 Å². The summed E-state index contributed by atoms with van der Waals surface area (Å²) in [5.41, 5.74) is 0.517. The Labute approximate surface area is 111 Å². The van der Waals surface area contributed by atoms with Crippen molar-refractivity contribution in [2.45, 2.75) is 18.6 Å². The molecule has 1 aromatic heterocycles. The Morgan fingerprint density at radius 2 is 2.37 bits per heavy atom. The number of aliphatic hydroxyl groups excluding tert-OH is 1. The molecule has 0 spiro atoms. The van der Waals surface area contributed by atoms with Crippen molar-refractivity contribution in [1.82, 2.24) is 9.88 Å². The van der Waals surface area contributed by atoms with Gasteiger partial charge in [0.05, 0.1) is 11.0 Å². The highest BCUT2D eigenvalue weighted by Gasteiger charge is 2.34. The Morgan fingerprint density at radius 1 is 1.63 bits per heavy atom. The molecule has 2 heterocycles. The summed E-state index contributed by atoms with van der Waals surface area (Å²) < 4.78 is 0. The summed E-state index contributed by atoms with van der Waals surface area (Å²) in [7, 11) is 3.90. The average Bonchev–Trinajstić information content (AvgIpc) is 2.69. The van der Waals surface area contributed by atoms with Gasteiger partial charge in [0.25, 0.3) is 0 Å². The third kappa shape index (κ3) is 2.99. The average molecular weight is 266 g/mol. The molecule has 1 aromatic rings. The van der Waals surface area contributed by atoms with Gasteiger partial charge < -0.3 is 14.9 Å². The lowest BCUT2D eigenvalue weighted by Crippen LogP contribution is -2.37. The van der Waals surface area contributed by atoms with Crippen LogP contribution < -0.4 is 4.90 Å². The molecular weight excluding hydrogens is 248 g/mol. The number of rotatable bonds is 4. The predicted molar refractivity (Wildman–Crippen MR) is 71.2 cm³/mol. The van der Waals surface area contributed by atoms with Crippen molar-refractivity contribution in [3.8, 4) is 0 Å². The van der Waals surface area contributed by atoms with E-state index in [1.807, 2.05) is 23.9 Å². The number of likely N-dealkylation sites (N-methyl/N-ethyl adjacent to an activating group) is 1. The number of pyridine rings is 1. The summed E-state index contributed by atoms with van der Waals surface area (Å²) in [4.78, 5) is 18.3. The van der Waals surface area contributed by atoms with Crippen LogP contribution in [0.2, 0.25) is 0 Å². The van der Waals surface area contributed by atoms with Gasteiger partial charge >= 0.3 is 5.69 Å². The number of β-amino-alcohol motifs (C(OH)–C–C–N with tert-alkyl or cyclic N) is 1. The van der Waals surface area contributed by atoms with Crippen LogP contribution in [0.4, 0.5) is 11.4 Å². The Kier molecular flexibility index (Phi) is 3.96. The van der Waals surface area contributed by atoms with Crippen LogP contribution in [0.5, 0.6) is 0 Å². The van der Waals surface area contributed by atoms with E-state index in [0.717, 1.165) is 6.54 Å². The number of nitrogens with zero attached hydrogens (tertiary/aromatic N) is 4. The van der Waals surface area contributed by atoms with Gasteiger partial charge in [0.2, 0.25) is 0 Å². The van der Waals surface area contributed by atoms with E-state index in [9.17, 15) is 15.2 Å². The van der Waals surface area contributed by atoms with Crippen molar-refractivity contribution in [2.75, 3.05) is 32.1 Å². The predicted octanol–water partition coefficient (Wildman–Crippen LogP) is 0.491. The van der Waals surface area contributed by atoms with E-state index in [4.69, 9.17) is 0 Å². The third-order valence-electron chi connectivity index (χ3n) is 3.25. The molecule has 0 aliphatic carbocycles. The fraction of sp³-hybridized carbons (Fsp3) is 0.583. The van der Waals surface area contributed by atoms with E-state index in [-0.39, 0.29) is 11.7 Å². The van der Waals surface area contributed by atoms with Gasteiger partial charge in [0.1, 0.15) is 11.9 Å². The summed E-state index contributed by atoms with van der Waals surface area (Å²) in [5.74, 6) is 0. The van der Waals surface area contributed by atoms with Crippen LogP contribution in [0, 0.1) is 10.1 Å². The number of aromatic nitrogens is 1. The summed E-state index contributed by atoms with van der Waals surface area (Å²) in [6, 6.07) is 1.71. The number of anilines is 1. The van der Waals surface area contributed by atoms with E-state index in [1.165, 1.54) is 6.20 Å². The Morgan fingerprint density at radius 3 is 3.00 bits per heavy atom. The minimum atomic E-state index is -0.447. The quantitative estimate of drug-likeness (QED) is 0.631. The second-order valence-corrected chi connectivity index (χ2v) is 5.08. The molecule has 2 atom stereocenters. The van der Waals surface area contributed by atoms with Gasteiger partial charge in [-0.15, -0.1) is 0 Å². The maximum absolute atomic E-state index is 11.1. The zero-order chi connectivity index (χ0) is 14.0. The van der Waals surface area contributed by atoms with Crippen LogP contribution in [0.25, 0.3) is 0 Å². The summed E-state index contributed by atoms with van der Waals surface area (Å²) in [6.07, 6.45) is 2.97. The Balaban J connectivity index is 2.31. The number of aliphatic hydroxyl groups is 1. The minimum Gasteiger partial charge on any atom is -0.391 e. The summed E-state index contributed by atoms with van der Waals surface area (Å²) >= 11 is 0. The Hall–Kier alpha value is -1.73. The van der Waals surface area contributed by atoms with E-state index in [0.29, 0.717) is 18.7 Å². The van der Waals surface area contributed by atoms with Gasteiger partial charge in [-0.25, -0.2) is 0 Å². The normalized spacial score (nSPS) is 23.1. The van der Waals surface area contributed by atoms with E-state index in [1.54, 1.807) is 12.3 Å². The molecular formula is C12H18N4O3. The van der Waals surface area contributed by atoms with Crippen LogP contribution >= 0.6 is 0 Å². The lowest BCUT2D eigenvalue weighted by Gasteiger charge is -2.28. The van der Waals surface area contributed by atoms with Crippen LogP contribution in [-0.2, 0) is 0 Å². The Bertz CT molecular complexity index is 466. The summed E-state index contributed by atoms with van der Waals surface area (Å²) in [6.45, 7) is 1.17. The molecule has 1 saturated heterocycles. The SMILES string of the molecule is CN(C)CC1CC(O)CN1c1ccncc1[N+](=O)[O-]. The smallest absolute Gasteiger partial charge is 0.310 e. The molecule has 19 heavy (non-hydrogen) atoms. The molecule has 104 valence electrons. The van der Waals surface area contributed by atoms with Crippen molar-refractivity contribution in [3.63, 3.8) is 0 Å². The first-order valence-corrected chi connectivity index (χ1v) is 6.17. The fourth-order valence-electron chi connectivity index (χ4n) is 2.54. The molecule has 2 rings (SSSR count). The van der Waals surface area contributed by atoms with Crippen molar-refractivity contribution in [1.29, 1.82) is 0 Å². The van der Waals surface area contributed by atoms with Crippen molar-refractivity contribution in [2.24, 2.45) is 0 Å². The van der Waals surface area contributed by atoms with Crippen LogP contribution in [0.3, 0.4) is 0 Å². The molecule has 0 amide bonds. The highest BCUT2D eigenvalue weighted by molar-refractivity contribution is 5.63. The second-order valence-electron chi connectivity index (χ2n) is 5.08. The van der Waals surface area contributed by atoms with Crippen molar-refractivity contribution < 1.29 is 10.0 Å². The van der Waals surface area contributed by atoms with E-state index < -0.39 is 11.0 Å². The first-order valence-electron chi connectivity index (χ1n) is 6.17. The molecule has 0 aromatic carbocycles. The fourth-order valence-corrected chi connectivity index (χ4v) is 2.54. The van der Waals surface area contributed by atoms with Crippen LogP contribution in [-0.4, -0.2) is 59.2 Å². The van der Waals surface area contributed by atoms with E-state index >= 15 is 0 Å². The number of hydrogen-bond donors (Lipinski definition) is 1. The maximum atomic E-state index is 11.1. The maximum Gasteiger partial charge on any atom is 0.310 e. The van der Waals surface area contributed by atoms with Gasteiger partial charge in [-0.05, 0) is 26.6 Å². The lowest BCUT2D eigenvalue weighted by molar-refractivity contribution is -0.384. The molecule has 0 bridgehead atoms. The lowest BCUT2D eigenvalue weighted by atomic mass is 10.2. The first kappa shape index (κ1) is 13.7. The van der Waals surface area contributed by atoms with Gasteiger partial charge in [0, 0.05) is 25.3 Å². The molecule has 1 aliphatic rings. The monoisotopic (exact) mass is 266 g/mol. The standard InChI is InChI=1S/C12H18N4O3/c1-14(2)7-9-5-10(17)8-15(9)11-3-4-13-6-12(11)16(18)19/h3-4,6,9-10,17H,5,7-8H2,1-2H3. The molecule has 7 nitrogen and oxygen atoms in total. The van der Waals surface area contributed by atoms with Gasteiger partial charge in [-0.1, -0.05) is 0 Å². The first-order chi connectivity index (χ1) is 8.99. The zero-order valence-electron chi connectivity index (χ0n) is 11.1. The van der Waals surface area contributed by atoms with Gasteiger partial charge in [-0.2, -0.15) is 0 Å². The highest BCUT2D eigenvalue weighted by Crippen LogP contribution is 2.32. The van der Waals surface area contributed by atoms with Crippen LogP contribution in [0.1, 0.15) is 6.42 Å². The highest BCUT2D eigenvalue weighted by atomic mass is 16.6. The van der Waals surface area contributed by atoms with Crippen LogP contribution in [0.15, 0.2) is 18.5 Å².